The number of nitrogens with two attached hydrogens (primary N) is 3. The van der Waals surface area contributed by atoms with E-state index in [4.69, 9.17) is 35.6 Å². The Kier molecular flexibility index (Phi) is 10.6. The lowest BCUT2D eigenvalue weighted by Crippen LogP contribution is -2.10. The van der Waals surface area contributed by atoms with E-state index in [2.05, 4.69) is 10.9 Å². The molecule has 0 amide bonds. The highest BCUT2D eigenvalue weighted by molar-refractivity contribution is 7.86. The van der Waals surface area contributed by atoms with Crippen LogP contribution in [-0.2, 0) is 30.4 Å². The molecule has 0 atom stereocenters. The molecule has 15 nitrogen and oxygen atoms in total. The summed E-state index contributed by atoms with van der Waals surface area (Å²) in [5.41, 5.74) is 24.7. The van der Waals surface area contributed by atoms with Crippen LogP contribution in [0.25, 0.3) is 0 Å². The Balaban J connectivity index is 0.000000294. The van der Waals surface area contributed by atoms with Crippen molar-refractivity contribution < 1.29 is 43.6 Å². The molecule has 220 valence electrons. The van der Waals surface area contributed by atoms with Crippen molar-refractivity contribution in [3.05, 3.63) is 60.2 Å². The third-order valence-corrected chi connectivity index (χ3v) is 7.58. The van der Waals surface area contributed by atoms with Crippen molar-refractivity contribution in [2.75, 3.05) is 40.4 Å². The predicted molar refractivity (Wildman–Crippen MR) is 151 cm³/mol. The Hall–Kier alpha value is -3.81. The highest BCUT2D eigenvalue weighted by Crippen LogP contribution is 2.27. The number of nitrogens with one attached hydrogen (secondary N) is 2. The van der Waals surface area contributed by atoms with Crippen molar-refractivity contribution in [1.29, 1.82) is 0 Å². The number of anilines is 5. The summed E-state index contributed by atoms with van der Waals surface area (Å²) in [7, 11) is -12.7. The molecule has 3 rings (SSSR count). The fourth-order valence-electron chi connectivity index (χ4n) is 2.96. The quantitative estimate of drug-likeness (QED) is 0.0697. The van der Waals surface area contributed by atoms with Gasteiger partial charge in [0.05, 0.1) is 40.0 Å². The minimum Gasteiger partial charge on any atom is -0.491 e. The van der Waals surface area contributed by atoms with Gasteiger partial charge >= 0.3 is 0 Å². The highest BCUT2D eigenvalue weighted by Gasteiger charge is 2.14. The van der Waals surface area contributed by atoms with E-state index >= 15 is 0 Å². The molecule has 3 aromatic rings. The average molecular weight is 620 g/mol. The van der Waals surface area contributed by atoms with Crippen molar-refractivity contribution in [2.24, 2.45) is 0 Å². The fourth-order valence-corrected chi connectivity index (χ4v) is 4.57. The standard InChI is InChI=1S/C12H13N3O6S2.C10H16N2O4S/c13-11-6-3-9(7-12(11)23(19,20)21)15-14-8-1-4-10(5-2-8)22(16,17)18;1-7-5-9(12)10(6-8(7)11)16-3-2-4-17(13,14)15/h1-7,14-15H,13H2,(H,16,17,18)(H,19,20,21);5-6H,2-4,11-12H2,1H3,(H,13,14,15). The minimum atomic E-state index is -4.45. The molecule has 11 N–H and O–H groups in total. The topological polar surface area (TPSA) is 274 Å². The maximum absolute atomic E-state index is 11.2. The zero-order valence-electron chi connectivity index (χ0n) is 21.0. The first-order valence-corrected chi connectivity index (χ1v) is 15.6. The molecule has 0 unspecified atom stereocenters. The van der Waals surface area contributed by atoms with Gasteiger partial charge < -0.3 is 32.8 Å². The molecule has 0 fully saturated rings. The first kappa shape index (κ1) is 32.4. The molecule has 0 radical (unpaired) electrons. The molecule has 0 saturated carbocycles. The summed E-state index contributed by atoms with van der Waals surface area (Å²) in [5.74, 6) is 0.0808. The second kappa shape index (κ2) is 13.0. The van der Waals surface area contributed by atoms with Crippen LogP contribution in [0.1, 0.15) is 12.0 Å². The van der Waals surface area contributed by atoms with E-state index in [1.807, 2.05) is 6.92 Å². The van der Waals surface area contributed by atoms with Gasteiger partial charge in [0.15, 0.2) is 0 Å². The van der Waals surface area contributed by atoms with Crippen LogP contribution >= 0.6 is 0 Å². The lowest BCUT2D eigenvalue weighted by molar-refractivity contribution is 0.318. The van der Waals surface area contributed by atoms with Crippen LogP contribution in [0.15, 0.2) is 64.4 Å². The Morgan fingerprint density at radius 3 is 1.85 bits per heavy atom. The zero-order valence-corrected chi connectivity index (χ0v) is 23.4. The monoisotopic (exact) mass is 619 g/mol. The van der Waals surface area contributed by atoms with Gasteiger partial charge in [-0.25, -0.2) is 0 Å². The van der Waals surface area contributed by atoms with Crippen molar-refractivity contribution in [3.63, 3.8) is 0 Å². The summed E-state index contributed by atoms with van der Waals surface area (Å²) in [6.45, 7) is 1.97. The van der Waals surface area contributed by atoms with Gasteiger partial charge in [-0.1, -0.05) is 0 Å². The van der Waals surface area contributed by atoms with Crippen LogP contribution in [0, 0.1) is 6.92 Å². The van der Waals surface area contributed by atoms with E-state index in [-0.39, 0.29) is 29.4 Å². The number of rotatable bonds is 10. The number of nitrogen functional groups attached to an aromatic ring is 3. The normalized spacial score (nSPS) is 11.7. The van der Waals surface area contributed by atoms with Gasteiger partial charge in [-0.3, -0.25) is 13.7 Å². The summed E-state index contributed by atoms with van der Waals surface area (Å²) in [6, 6.07) is 12.3. The molecule has 0 aromatic heterocycles. The number of aryl methyl sites for hydroxylation is 1. The molecule has 3 aromatic carbocycles. The van der Waals surface area contributed by atoms with Gasteiger partial charge in [0, 0.05) is 11.8 Å². The molecule has 0 bridgehead atoms. The maximum Gasteiger partial charge on any atom is 0.296 e. The molecule has 40 heavy (non-hydrogen) atoms. The average Bonchev–Trinajstić information content (AvgIpc) is 2.83. The van der Waals surface area contributed by atoms with Crippen LogP contribution in [0.4, 0.5) is 28.4 Å². The third kappa shape index (κ3) is 10.4. The molecule has 0 saturated heterocycles. The van der Waals surface area contributed by atoms with Crippen molar-refractivity contribution in [1.82, 2.24) is 0 Å². The van der Waals surface area contributed by atoms with E-state index < -0.39 is 35.2 Å². The molecule has 0 heterocycles. The lowest BCUT2D eigenvalue weighted by Gasteiger charge is -2.11. The van der Waals surface area contributed by atoms with Crippen molar-refractivity contribution >= 4 is 58.8 Å². The zero-order chi connectivity index (χ0) is 30.3. The molecule has 18 heteroatoms. The van der Waals surface area contributed by atoms with Gasteiger partial charge in [0.2, 0.25) is 0 Å². The second-order valence-corrected chi connectivity index (χ2v) is 12.6. The smallest absolute Gasteiger partial charge is 0.296 e. The molecule has 0 aliphatic heterocycles. The first-order chi connectivity index (χ1) is 18.4. The lowest BCUT2D eigenvalue weighted by atomic mass is 10.1. The van der Waals surface area contributed by atoms with E-state index in [0.717, 1.165) is 11.6 Å². The first-order valence-electron chi connectivity index (χ1n) is 11.1. The Labute approximate surface area is 231 Å². The number of benzene rings is 3. The third-order valence-electron chi connectivity index (χ3n) is 5.00. The molecular formula is C22H29N5O10S3. The maximum atomic E-state index is 11.2. The number of hydrogen-bond acceptors (Lipinski definition) is 12. The Morgan fingerprint density at radius 2 is 1.30 bits per heavy atom. The summed E-state index contributed by atoms with van der Waals surface area (Å²) in [5, 5.41) is 0. The second-order valence-electron chi connectivity index (χ2n) is 8.21. The van der Waals surface area contributed by atoms with Gasteiger partial charge in [0.25, 0.3) is 30.4 Å². The molecule has 0 aliphatic carbocycles. The van der Waals surface area contributed by atoms with Gasteiger partial charge in [-0.05, 0) is 67.4 Å². The number of ether oxygens (including phenoxy) is 1. The van der Waals surface area contributed by atoms with E-state index in [1.165, 1.54) is 36.4 Å². The summed E-state index contributed by atoms with van der Waals surface area (Å²) in [6.07, 6.45) is 0.187. The van der Waals surface area contributed by atoms with Crippen LogP contribution in [0.3, 0.4) is 0 Å². The molecule has 0 aliphatic rings. The highest BCUT2D eigenvalue weighted by atomic mass is 32.2. The van der Waals surface area contributed by atoms with Crippen molar-refractivity contribution in [3.8, 4) is 5.75 Å². The number of hydrazine groups is 1. The van der Waals surface area contributed by atoms with Crippen LogP contribution in [-0.4, -0.2) is 51.3 Å². The van der Waals surface area contributed by atoms with Crippen LogP contribution in [0.2, 0.25) is 0 Å². The summed E-state index contributed by atoms with van der Waals surface area (Å²) < 4.78 is 96.8. The summed E-state index contributed by atoms with van der Waals surface area (Å²) in [4.78, 5) is -0.699. The van der Waals surface area contributed by atoms with Gasteiger partial charge in [-0.15, -0.1) is 0 Å². The molecular weight excluding hydrogens is 590 g/mol. The Bertz CT molecular complexity index is 1660. The van der Waals surface area contributed by atoms with Crippen LogP contribution < -0.4 is 32.8 Å². The number of hydrogen-bond donors (Lipinski definition) is 8. The van der Waals surface area contributed by atoms with Gasteiger partial charge in [0.1, 0.15) is 10.6 Å². The van der Waals surface area contributed by atoms with Gasteiger partial charge in [-0.2, -0.15) is 25.3 Å². The summed E-state index contributed by atoms with van der Waals surface area (Å²) >= 11 is 0. The molecule has 0 spiro atoms. The van der Waals surface area contributed by atoms with Crippen LogP contribution in [0.5, 0.6) is 5.75 Å². The predicted octanol–water partition coefficient (Wildman–Crippen LogP) is 2.02. The van der Waals surface area contributed by atoms with Crippen molar-refractivity contribution in [2.45, 2.75) is 23.1 Å². The minimum absolute atomic E-state index is 0.101. The fraction of sp³-hybridized carbons (Fsp3) is 0.182. The Morgan fingerprint density at radius 1 is 0.725 bits per heavy atom. The van der Waals surface area contributed by atoms with E-state index in [0.29, 0.717) is 28.5 Å². The van der Waals surface area contributed by atoms with E-state index in [9.17, 15) is 25.3 Å². The largest absolute Gasteiger partial charge is 0.491 e. The van der Waals surface area contributed by atoms with E-state index in [1.54, 1.807) is 12.1 Å². The SMILES string of the molecule is Cc1cc(N)c(OCCCS(=O)(=O)O)cc1N.Nc1ccc(NNc2ccc(S(=O)(=O)O)cc2)cc1S(=O)(=O)O.